The summed E-state index contributed by atoms with van der Waals surface area (Å²) in [7, 11) is 0. The number of carbonyl (C=O) groups excluding carboxylic acids is 1. The Morgan fingerprint density at radius 1 is 1.33 bits per heavy atom. The Morgan fingerprint density at radius 3 is 2.57 bits per heavy atom. The fraction of sp³-hybridized carbons (Fsp3) is 0.0833. The molecule has 1 aromatic heterocycles. The average Bonchev–Trinajstić information content (AvgIpc) is 2.80. The number of thiophene rings is 1. The highest BCUT2D eigenvalue weighted by Crippen LogP contribution is 2.43. The van der Waals surface area contributed by atoms with Gasteiger partial charge in [0.2, 0.25) is 0 Å². The Balaban J connectivity index is 2.46. The summed E-state index contributed by atoms with van der Waals surface area (Å²) >= 11 is 16.0. The predicted octanol–water partition coefficient (Wildman–Crippen LogP) is 5.72. The van der Waals surface area contributed by atoms with Crippen molar-refractivity contribution in [3.8, 4) is 10.8 Å². The maximum atomic E-state index is 11.3. The van der Waals surface area contributed by atoms with Crippen molar-refractivity contribution in [2.45, 2.75) is 6.92 Å². The van der Waals surface area contributed by atoms with E-state index in [4.69, 9.17) is 27.9 Å². The number of rotatable bonds is 4. The highest BCUT2D eigenvalue weighted by atomic mass is 79.9. The summed E-state index contributed by atoms with van der Waals surface area (Å²) in [5, 5.41) is 11.6. The van der Waals surface area contributed by atoms with Gasteiger partial charge in [-0.2, -0.15) is 0 Å². The van der Waals surface area contributed by atoms with E-state index in [0.29, 0.717) is 9.50 Å². The molecular weight excluding hydrogens is 405 g/mol. The summed E-state index contributed by atoms with van der Waals surface area (Å²) in [5.41, 5.74) is -0.291. The number of nitrogens with zero attached hydrogens (tertiary/aromatic N) is 1. The number of benzene rings is 1. The SMILES string of the molecule is CC(=O)c1cc([N+](=O)[O-])c(Oc2cc(Cl)c(Br)cc2Cl)s1. The third-order valence-corrected chi connectivity index (χ3v) is 5.00. The Kier molecular flexibility index (Phi) is 4.88. The smallest absolute Gasteiger partial charge is 0.323 e. The van der Waals surface area contributed by atoms with Crippen molar-refractivity contribution in [2.24, 2.45) is 0 Å². The summed E-state index contributed by atoms with van der Waals surface area (Å²) in [6.45, 7) is 1.32. The zero-order chi connectivity index (χ0) is 15.7. The average molecular weight is 411 g/mol. The molecule has 0 radical (unpaired) electrons. The van der Waals surface area contributed by atoms with Crippen LogP contribution in [0.5, 0.6) is 10.8 Å². The fourth-order valence-electron chi connectivity index (χ4n) is 1.42. The van der Waals surface area contributed by atoms with E-state index < -0.39 is 4.92 Å². The van der Waals surface area contributed by atoms with Gasteiger partial charge >= 0.3 is 5.69 Å². The molecule has 0 amide bonds. The number of ketones is 1. The van der Waals surface area contributed by atoms with Crippen LogP contribution in [0.4, 0.5) is 5.69 Å². The van der Waals surface area contributed by atoms with Crippen LogP contribution >= 0.6 is 50.5 Å². The van der Waals surface area contributed by atoms with E-state index >= 15 is 0 Å². The van der Waals surface area contributed by atoms with Gasteiger partial charge in [0, 0.05) is 16.6 Å². The minimum absolute atomic E-state index is 0.0227. The van der Waals surface area contributed by atoms with Crippen LogP contribution in [0.15, 0.2) is 22.7 Å². The van der Waals surface area contributed by atoms with E-state index in [1.165, 1.54) is 25.1 Å². The van der Waals surface area contributed by atoms with Gasteiger partial charge in [0.25, 0.3) is 5.06 Å². The molecule has 2 aromatic rings. The molecule has 110 valence electrons. The van der Waals surface area contributed by atoms with Gasteiger partial charge in [-0.25, -0.2) is 0 Å². The molecule has 0 atom stereocenters. The maximum absolute atomic E-state index is 11.3. The fourth-order valence-corrected chi connectivity index (χ4v) is 3.14. The molecule has 0 unspecified atom stereocenters. The van der Waals surface area contributed by atoms with Crippen LogP contribution in [-0.4, -0.2) is 10.7 Å². The highest BCUT2D eigenvalue weighted by Gasteiger charge is 2.24. The molecule has 0 N–H and O–H groups in total. The topological polar surface area (TPSA) is 69.4 Å². The van der Waals surface area contributed by atoms with Crippen molar-refractivity contribution in [1.82, 2.24) is 0 Å². The van der Waals surface area contributed by atoms with Gasteiger partial charge in [-0.15, -0.1) is 0 Å². The molecule has 0 aliphatic carbocycles. The van der Waals surface area contributed by atoms with Gasteiger partial charge in [0.15, 0.2) is 5.78 Å². The second-order valence-electron chi connectivity index (χ2n) is 3.90. The predicted molar refractivity (Wildman–Crippen MR) is 85.2 cm³/mol. The van der Waals surface area contributed by atoms with Crippen LogP contribution in [0.1, 0.15) is 16.6 Å². The second kappa shape index (κ2) is 6.31. The van der Waals surface area contributed by atoms with E-state index in [9.17, 15) is 14.9 Å². The first-order valence-electron chi connectivity index (χ1n) is 5.41. The summed E-state index contributed by atoms with van der Waals surface area (Å²) in [6, 6.07) is 4.13. The number of halogens is 3. The van der Waals surface area contributed by atoms with Crippen molar-refractivity contribution >= 4 is 61.9 Å². The van der Waals surface area contributed by atoms with E-state index in [-0.39, 0.29) is 32.2 Å². The zero-order valence-electron chi connectivity index (χ0n) is 10.4. The molecule has 0 fully saturated rings. The van der Waals surface area contributed by atoms with Crippen LogP contribution in [0.2, 0.25) is 10.0 Å². The van der Waals surface area contributed by atoms with E-state index in [2.05, 4.69) is 15.9 Å². The summed E-state index contributed by atoms with van der Waals surface area (Å²) in [5.74, 6) is -0.109. The minimum Gasteiger partial charge on any atom is -0.438 e. The van der Waals surface area contributed by atoms with Crippen molar-refractivity contribution in [2.75, 3.05) is 0 Å². The van der Waals surface area contributed by atoms with Crippen LogP contribution in [0.25, 0.3) is 0 Å². The van der Waals surface area contributed by atoms with Gasteiger partial charge in [-0.3, -0.25) is 14.9 Å². The number of Topliss-reactive ketones (excluding diaryl/α,β-unsaturated/α-hetero) is 1. The molecule has 5 nitrogen and oxygen atoms in total. The second-order valence-corrected chi connectivity index (χ2v) is 6.58. The molecule has 0 bridgehead atoms. The first-order valence-corrected chi connectivity index (χ1v) is 7.77. The lowest BCUT2D eigenvalue weighted by molar-refractivity contribution is -0.385. The Hall–Kier alpha value is -1.15. The zero-order valence-corrected chi connectivity index (χ0v) is 14.3. The molecule has 0 spiro atoms. The van der Waals surface area contributed by atoms with Gasteiger partial charge in [0.05, 0.1) is 19.8 Å². The first-order chi connectivity index (χ1) is 9.79. The molecule has 1 heterocycles. The maximum Gasteiger partial charge on any atom is 0.323 e. The molecule has 21 heavy (non-hydrogen) atoms. The van der Waals surface area contributed by atoms with Crippen molar-refractivity contribution in [3.63, 3.8) is 0 Å². The summed E-state index contributed by atoms with van der Waals surface area (Å²) < 4.78 is 6.03. The molecule has 0 saturated carbocycles. The molecule has 9 heteroatoms. The normalized spacial score (nSPS) is 10.5. The molecule has 2 rings (SSSR count). The molecule has 0 aliphatic heterocycles. The third kappa shape index (κ3) is 3.55. The first kappa shape index (κ1) is 16.2. The Labute approximate surface area is 141 Å². The van der Waals surface area contributed by atoms with Crippen LogP contribution in [0, 0.1) is 10.1 Å². The summed E-state index contributed by atoms with van der Waals surface area (Å²) in [6.07, 6.45) is 0. The largest absolute Gasteiger partial charge is 0.438 e. The third-order valence-electron chi connectivity index (χ3n) is 2.40. The quantitative estimate of drug-likeness (QED) is 0.279. The van der Waals surface area contributed by atoms with Crippen LogP contribution < -0.4 is 4.74 Å². The number of hydrogen-bond donors (Lipinski definition) is 0. The lowest BCUT2D eigenvalue weighted by atomic mass is 10.3. The van der Waals surface area contributed by atoms with Crippen molar-refractivity contribution < 1.29 is 14.5 Å². The van der Waals surface area contributed by atoms with Gasteiger partial charge < -0.3 is 4.74 Å². The molecular formula is C12H6BrCl2NO4S. The Morgan fingerprint density at radius 2 is 2.00 bits per heavy atom. The van der Waals surface area contributed by atoms with Crippen molar-refractivity contribution in [1.29, 1.82) is 0 Å². The van der Waals surface area contributed by atoms with Crippen molar-refractivity contribution in [3.05, 3.63) is 47.7 Å². The Bertz CT molecular complexity index is 747. The molecule has 1 aromatic carbocycles. The van der Waals surface area contributed by atoms with E-state index in [0.717, 1.165) is 11.3 Å². The molecule has 0 saturated heterocycles. The van der Waals surface area contributed by atoms with Gasteiger partial charge in [0.1, 0.15) is 5.75 Å². The number of ether oxygens (including phenoxy) is 1. The number of carbonyl (C=O) groups is 1. The lowest BCUT2D eigenvalue weighted by Crippen LogP contribution is -1.90. The molecule has 0 aliphatic rings. The summed E-state index contributed by atoms with van der Waals surface area (Å²) in [4.78, 5) is 22.0. The van der Waals surface area contributed by atoms with E-state index in [1.807, 2.05) is 0 Å². The van der Waals surface area contributed by atoms with Crippen LogP contribution in [0.3, 0.4) is 0 Å². The van der Waals surface area contributed by atoms with E-state index in [1.54, 1.807) is 0 Å². The minimum atomic E-state index is -0.618. The monoisotopic (exact) mass is 409 g/mol. The standard InChI is InChI=1S/C12H6BrCl2NO4S/c1-5(17)11-4-9(16(18)19)12(21-11)20-10-3-7(14)6(13)2-8(10)15/h2-4H,1H3. The number of hydrogen-bond acceptors (Lipinski definition) is 5. The lowest BCUT2D eigenvalue weighted by Gasteiger charge is -2.06. The highest BCUT2D eigenvalue weighted by molar-refractivity contribution is 9.10. The van der Waals surface area contributed by atoms with Gasteiger partial charge in [-0.1, -0.05) is 34.5 Å². The number of nitro groups is 1. The van der Waals surface area contributed by atoms with Crippen LogP contribution in [-0.2, 0) is 0 Å². The van der Waals surface area contributed by atoms with Gasteiger partial charge in [-0.05, 0) is 28.9 Å².